The first kappa shape index (κ1) is 31.8. The summed E-state index contributed by atoms with van der Waals surface area (Å²) >= 11 is 0. The van der Waals surface area contributed by atoms with E-state index in [9.17, 15) is 32.3 Å². The van der Waals surface area contributed by atoms with E-state index in [-0.39, 0.29) is 42.0 Å². The van der Waals surface area contributed by atoms with Gasteiger partial charge in [0.1, 0.15) is 11.9 Å². The number of benzene rings is 3. The van der Waals surface area contributed by atoms with Crippen molar-refractivity contribution in [3.63, 3.8) is 0 Å². The van der Waals surface area contributed by atoms with Crippen LogP contribution in [0.15, 0.2) is 66.7 Å². The lowest BCUT2D eigenvalue weighted by molar-refractivity contribution is -0.137. The van der Waals surface area contributed by atoms with Gasteiger partial charge in [-0.3, -0.25) is 9.69 Å². The van der Waals surface area contributed by atoms with Gasteiger partial charge >= 0.3 is 12.2 Å². The molecule has 43 heavy (non-hydrogen) atoms. The highest BCUT2D eigenvalue weighted by Gasteiger charge is 2.35. The molecule has 230 valence electrons. The lowest BCUT2D eigenvalue weighted by Gasteiger charge is -2.38. The molecule has 0 bridgehead atoms. The van der Waals surface area contributed by atoms with Gasteiger partial charge in [-0.2, -0.15) is 13.2 Å². The molecule has 0 radical (unpaired) electrons. The van der Waals surface area contributed by atoms with E-state index < -0.39 is 35.7 Å². The molecule has 1 aliphatic rings. The normalized spacial score (nSPS) is 17.9. The van der Waals surface area contributed by atoms with Crippen LogP contribution in [0.1, 0.15) is 35.3 Å². The van der Waals surface area contributed by atoms with Crippen LogP contribution in [0.5, 0.6) is 5.75 Å². The van der Waals surface area contributed by atoms with Gasteiger partial charge < -0.3 is 25.4 Å². The molecule has 8 nitrogen and oxygen atoms in total. The SMILES string of the molecule is C[C@H]1CN([C@@H](C)CO)C(=O)c2cccc(NC(=O)Nc3ccc(F)cc3)c2O[C@@H]1CN(C)Cc1ccc(C(F)(F)F)cc1. The summed E-state index contributed by atoms with van der Waals surface area (Å²) in [6.45, 7) is 4.34. The maximum atomic E-state index is 13.6. The van der Waals surface area contributed by atoms with E-state index in [1.165, 1.54) is 36.4 Å². The lowest BCUT2D eigenvalue weighted by Crippen LogP contribution is -2.49. The van der Waals surface area contributed by atoms with E-state index in [2.05, 4.69) is 10.6 Å². The van der Waals surface area contributed by atoms with Crippen LogP contribution in [0.2, 0.25) is 0 Å². The number of anilines is 2. The van der Waals surface area contributed by atoms with Crippen molar-refractivity contribution in [2.75, 3.05) is 37.4 Å². The Morgan fingerprint density at radius 1 is 1.09 bits per heavy atom. The van der Waals surface area contributed by atoms with Crippen molar-refractivity contribution in [1.82, 2.24) is 9.80 Å². The van der Waals surface area contributed by atoms with Crippen LogP contribution in [0.4, 0.5) is 33.7 Å². The van der Waals surface area contributed by atoms with Gasteiger partial charge in [0.05, 0.1) is 29.5 Å². The van der Waals surface area contributed by atoms with E-state index in [1.807, 2.05) is 18.9 Å². The second kappa shape index (κ2) is 13.4. The van der Waals surface area contributed by atoms with Crippen LogP contribution >= 0.6 is 0 Å². The minimum Gasteiger partial charge on any atom is -0.486 e. The fourth-order valence-corrected chi connectivity index (χ4v) is 4.86. The van der Waals surface area contributed by atoms with Crippen molar-refractivity contribution in [2.24, 2.45) is 5.92 Å². The molecule has 0 spiro atoms. The third kappa shape index (κ3) is 8.02. The quantitative estimate of drug-likeness (QED) is 0.282. The van der Waals surface area contributed by atoms with Gasteiger partial charge in [-0.05, 0) is 68.1 Å². The highest BCUT2D eigenvalue weighted by atomic mass is 19.4. The van der Waals surface area contributed by atoms with E-state index in [0.717, 1.165) is 12.1 Å². The van der Waals surface area contributed by atoms with Crippen LogP contribution in [0.3, 0.4) is 0 Å². The second-order valence-electron chi connectivity index (χ2n) is 10.8. The zero-order valence-corrected chi connectivity index (χ0v) is 24.0. The van der Waals surface area contributed by atoms with Crippen molar-refractivity contribution in [1.29, 1.82) is 0 Å². The van der Waals surface area contributed by atoms with E-state index in [4.69, 9.17) is 4.74 Å². The average Bonchev–Trinajstić information content (AvgIpc) is 2.95. The Morgan fingerprint density at radius 2 is 1.77 bits per heavy atom. The number of aliphatic hydroxyl groups excluding tert-OH is 1. The number of para-hydroxylation sites is 1. The number of carbonyl (C=O) groups is 2. The number of rotatable bonds is 8. The minimum absolute atomic E-state index is 0.149. The summed E-state index contributed by atoms with van der Waals surface area (Å²) in [5.41, 5.74) is 0.737. The van der Waals surface area contributed by atoms with Crippen molar-refractivity contribution in [2.45, 2.75) is 38.7 Å². The van der Waals surface area contributed by atoms with Gasteiger partial charge in [0.2, 0.25) is 0 Å². The molecule has 3 aromatic carbocycles. The Morgan fingerprint density at radius 3 is 2.40 bits per heavy atom. The molecule has 1 heterocycles. The first-order chi connectivity index (χ1) is 20.3. The summed E-state index contributed by atoms with van der Waals surface area (Å²) in [5.74, 6) is -0.909. The number of aliphatic hydroxyl groups is 1. The fraction of sp³-hybridized carbons (Fsp3) is 0.355. The highest BCUT2D eigenvalue weighted by molar-refractivity contribution is 6.04. The largest absolute Gasteiger partial charge is 0.486 e. The molecule has 3 aromatic rings. The number of carbonyl (C=O) groups excluding carboxylic acids is 2. The monoisotopic (exact) mass is 602 g/mol. The number of amides is 3. The molecule has 3 atom stereocenters. The number of alkyl halides is 3. The zero-order valence-electron chi connectivity index (χ0n) is 24.0. The number of likely N-dealkylation sites (N-methyl/N-ethyl adjacent to an activating group) is 1. The number of hydrogen-bond donors (Lipinski definition) is 3. The summed E-state index contributed by atoms with van der Waals surface area (Å²) in [6, 6.07) is 13.8. The number of hydrogen-bond acceptors (Lipinski definition) is 5. The molecule has 12 heteroatoms. The van der Waals surface area contributed by atoms with Crippen molar-refractivity contribution in [3.05, 3.63) is 89.2 Å². The lowest BCUT2D eigenvalue weighted by atomic mass is 9.98. The molecule has 3 amide bonds. The molecule has 4 rings (SSSR count). The highest BCUT2D eigenvalue weighted by Crippen LogP contribution is 2.35. The molecular formula is C31H34F4N4O4. The van der Waals surface area contributed by atoms with Gasteiger partial charge in [-0.25, -0.2) is 9.18 Å². The Labute approximate surface area is 247 Å². The van der Waals surface area contributed by atoms with Crippen molar-refractivity contribution < 1.29 is 37.0 Å². The Hall–Kier alpha value is -4.16. The van der Waals surface area contributed by atoms with Gasteiger partial charge in [-0.1, -0.05) is 25.1 Å². The fourth-order valence-electron chi connectivity index (χ4n) is 4.86. The number of nitrogens with zero attached hydrogens (tertiary/aromatic N) is 2. The summed E-state index contributed by atoms with van der Waals surface area (Å²) < 4.78 is 58.7. The number of ether oxygens (including phenoxy) is 1. The second-order valence-corrected chi connectivity index (χ2v) is 10.8. The van der Waals surface area contributed by atoms with Crippen LogP contribution < -0.4 is 15.4 Å². The first-order valence-electron chi connectivity index (χ1n) is 13.8. The van der Waals surface area contributed by atoms with E-state index in [0.29, 0.717) is 24.3 Å². The number of fused-ring (bicyclic) bond motifs is 1. The summed E-state index contributed by atoms with van der Waals surface area (Å²) in [6.07, 6.45) is -4.93. The Bertz CT molecular complexity index is 1420. The molecule has 1 aliphatic heterocycles. The summed E-state index contributed by atoms with van der Waals surface area (Å²) in [7, 11) is 1.81. The summed E-state index contributed by atoms with van der Waals surface area (Å²) in [4.78, 5) is 30.0. The van der Waals surface area contributed by atoms with Gasteiger partial charge in [0.25, 0.3) is 5.91 Å². The number of nitrogens with one attached hydrogen (secondary N) is 2. The smallest absolute Gasteiger partial charge is 0.416 e. The third-order valence-corrected chi connectivity index (χ3v) is 7.27. The molecule has 0 unspecified atom stereocenters. The van der Waals surface area contributed by atoms with Gasteiger partial charge in [-0.15, -0.1) is 0 Å². The minimum atomic E-state index is -4.42. The van der Waals surface area contributed by atoms with E-state index in [1.54, 1.807) is 30.0 Å². The molecule has 0 aromatic heterocycles. The van der Waals surface area contributed by atoms with Crippen LogP contribution in [-0.4, -0.2) is 65.7 Å². The van der Waals surface area contributed by atoms with E-state index >= 15 is 0 Å². The maximum absolute atomic E-state index is 13.6. The predicted octanol–water partition coefficient (Wildman–Crippen LogP) is 5.84. The topological polar surface area (TPSA) is 94.1 Å². The Balaban J connectivity index is 1.59. The average molecular weight is 603 g/mol. The standard InChI is InChI=1S/C31H34F4N4O4/c1-19-15-39(20(2)18-40)29(41)25-5-4-6-26(37-30(42)36-24-13-11-23(32)12-14-24)28(25)43-27(19)17-38(3)16-21-7-9-22(10-8-21)31(33,34)35/h4-14,19-20,27,40H,15-18H2,1-3H3,(H2,36,37,42)/t19-,20-,27+/m0/s1. The molecule has 0 saturated carbocycles. The van der Waals surface area contributed by atoms with Crippen LogP contribution in [0.25, 0.3) is 0 Å². The van der Waals surface area contributed by atoms with Crippen molar-refractivity contribution in [3.8, 4) is 5.75 Å². The molecule has 0 saturated heterocycles. The predicted molar refractivity (Wildman–Crippen MR) is 154 cm³/mol. The number of halogens is 4. The maximum Gasteiger partial charge on any atom is 0.416 e. The zero-order chi connectivity index (χ0) is 31.3. The van der Waals surface area contributed by atoms with Crippen LogP contribution in [0, 0.1) is 11.7 Å². The first-order valence-corrected chi connectivity index (χ1v) is 13.8. The Kier molecular flexibility index (Phi) is 9.92. The molecular weight excluding hydrogens is 568 g/mol. The molecule has 3 N–H and O–H groups in total. The molecule has 0 fully saturated rings. The molecule has 0 aliphatic carbocycles. The third-order valence-electron chi connectivity index (χ3n) is 7.27. The van der Waals surface area contributed by atoms with Crippen LogP contribution in [-0.2, 0) is 12.7 Å². The van der Waals surface area contributed by atoms with Crippen molar-refractivity contribution >= 4 is 23.3 Å². The summed E-state index contributed by atoms with van der Waals surface area (Å²) in [5, 5.41) is 15.2. The van der Waals surface area contributed by atoms with Gasteiger partial charge in [0, 0.05) is 31.2 Å². The van der Waals surface area contributed by atoms with Gasteiger partial charge in [0.15, 0.2) is 5.75 Å². The number of urea groups is 1.